The average Bonchev–Trinajstić information content (AvgIpc) is 1.94. The van der Waals surface area contributed by atoms with Crippen LogP contribution < -0.4 is 0 Å². The van der Waals surface area contributed by atoms with Crippen molar-refractivity contribution in [3.8, 4) is 0 Å². The maximum atomic E-state index is 9.00. The number of rotatable bonds is 0. The fourth-order valence-corrected chi connectivity index (χ4v) is 0.637. The first-order chi connectivity index (χ1) is 5.52. The molecule has 9 N–H and O–H groups in total. The summed E-state index contributed by atoms with van der Waals surface area (Å²) in [6, 6.07) is 8.48. The lowest BCUT2D eigenvalue weighted by Gasteiger charge is -1.90. The smallest absolute Gasteiger partial charge is 0.300 e. The summed E-state index contributed by atoms with van der Waals surface area (Å²) < 4.78 is 0. The van der Waals surface area contributed by atoms with E-state index in [1.807, 2.05) is 0 Å². The largest absolute Gasteiger partial charge is 0.481 e. The first-order valence-electron chi connectivity index (χ1n) is 3.75. The van der Waals surface area contributed by atoms with E-state index in [9.17, 15) is 0 Å². The molecule has 0 amide bonds. The average molecular weight is 238 g/mol. The van der Waals surface area contributed by atoms with Gasteiger partial charge in [-0.25, -0.2) is 0 Å². The van der Waals surface area contributed by atoms with Gasteiger partial charge < -0.3 is 27.0 Å². The minimum absolute atomic E-state index is 0. The lowest BCUT2D eigenvalue weighted by atomic mass is 10.2. The topological polar surface area (TPSA) is 163 Å². The monoisotopic (exact) mass is 238 g/mol. The standard InChI is InChI=1S/C8H10.C2H4O2.4H2O/c1-7-3-5-8(2)6-4-7;1-2(3)4;;;;/h3-6H,1-2H3;1H3,(H,3,4);4*1H2. The van der Waals surface area contributed by atoms with Crippen molar-refractivity contribution in [2.24, 2.45) is 0 Å². The molecule has 0 atom stereocenters. The third-order valence-corrected chi connectivity index (χ3v) is 1.22. The summed E-state index contributed by atoms with van der Waals surface area (Å²) in [7, 11) is 0. The molecule has 98 valence electrons. The number of aliphatic carboxylic acids is 1. The summed E-state index contributed by atoms with van der Waals surface area (Å²) in [6.07, 6.45) is 0. The second kappa shape index (κ2) is 16.0. The molecule has 0 aliphatic rings. The van der Waals surface area contributed by atoms with Crippen molar-refractivity contribution in [1.29, 1.82) is 0 Å². The van der Waals surface area contributed by atoms with Crippen LogP contribution in [-0.2, 0) is 4.79 Å². The number of hydrogen-bond acceptors (Lipinski definition) is 1. The highest BCUT2D eigenvalue weighted by Gasteiger charge is 1.79. The molecule has 0 aromatic heterocycles. The molecule has 0 aliphatic carbocycles. The highest BCUT2D eigenvalue weighted by atomic mass is 16.4. The van der Waals surface area contributed by atoms with Gasteiger partial charge in [0.15, 0.2) is 0 Å². The molecule has 0 radical (unpaired) electrons. The molecule has 1 aromatic carbocycles. The first kappa shape index (κ1) is 29.3. The summed E-state index contributed by atoms with van der Waals surface area (Å²) in [6.45, 7) is 5.28. The quantitative estimate of drug-likeness (QED) is 0.619. The zero-order valence-corrected chi connectivity index (χ0v) is 9.66. The summed E-state index contributed by atoms with van der Waals surface area (Å²) in [5.41, 5.74) is 2.66. The predicted octanol–water partition coefficient (Wildman–Crippen LogP) is -0.904. The third-order valence-electron chi connectivity index (χ3n) is 1.22. The van der Waals surface area contributed by atoms with E-state index >= 15 is 0 Å². The molecule has 1 aromatic rings. The predicted molar refractivity (Wildman–Crippen MR) is 63.7 cm³/mol. The molecule has 0 fully saturated rings. The number of hydrogen-bond donors (Lipinski definition) is 1. The van der Waals surface area contributed by atoms with Gasteiger partial charge in [-0.15, -0.1) is 0 Å². The van der Waals surface area contributed by atoms with Crippen molar-refractivity contribution >= 4 is 5.97 Å². The van der Waals surface area contributed by atoms with E-state index in [1.54, 1.807) is 0 Å². The fourth-order valence-electron chi connectivity index (χ4n) is 0.637. The third kappa shape index (κ3) is 22.9. The molecule has 0 aliphatic heterocycles. The maximum absolute atomic E-state index is 9.00. The van der Waals surface area contributed by atoms with E-state index in [1.165, 1.54) is 11.1 Å². The van der Waals surface area contributed by atoms with Gasteiger partial charge in [-0.05, 0) is 13.8 Å². The lowest BCUT2D eigenvalue weighted by Crippen LogP contribution is -1.78. The summed E-state index contributed by atoms with van der Waals surface area (Å²) >= 11 is 0. The Bertz CT molecular complexity index is 219. The summed E-state index contributed by atoms with van der Waals surface area (Å²) in [5, 5.41) is 7.42. The Balaban J connectivity index is -0.0000000458. The number of benzene rings is 1. The zero-order chi connectivity index (χ0) is 9.56. The van der Waals surface area contributed by atoms with Crippen LogP contribution in [0.4, 0.5) is 0 Å². The van der Waals surface area contributed by atoms with Crippen LogP contribution in [0.3, 0.4) is 0 Å². The highest BCUT2D eigenvalue weighted by molar-refractivity contribution is 5.62. The first-order valence-corrected chi connectivity index (χ1v) is 3.75. The molecule has 6 heteroatoms. The SMILES string of the molecule is CC(=O)O.Cc1ccc(C)cc1.O.O.O.O. The highest BCUT2D eigenvalue weighted by Crippen LogP contribution is 1.99. The second-order valence-corrected chi connectivity index (χ2v) is 2.67. The minimum Gasteiger partial charge on any atom is -0.481 e. The van der Waals surface area contributed by atoms with Crippen molar-refractivity contribution in [3.63, 3.8) is 0 Å². The van der Waals surface area contributed by atoms with Crippen LogP contribution in [0.25, 0.3) is 0 Å². The van der Waals surface area contributed by atoms with Crippen molar-refractivity contribution in [1.82, 2.24) is 0 Å². The van der Waals surface area contributed by atoms with Crippen LogP contribution >= 0.6 is 0 Å². The minimum atomic E-state index is -0.833. The van der Waals surface area contributed by atoms with Gasteiger partial charge in [-0.2, -0.15) is 0 Å². The van der Waals surface area contributed by atoms with Gasteiger partial charge in [-0.1, -0.05) is 35.4 Å². The molecule has 1 rings (SSSR count). The molecule has 0 heterocycles. The number of carboxylic acids is 1. The van der Waals surface area contributed by atoms with Crippen LogP contribution in [-0.4, -0.2) is 33.0 Å². The van der Waals surface area contributed by atoms with Gasteiger partial charge >= 0.3 is 0 Å². The lowest BCUT2D eigenvalue weighted by molar-refractivity contribution is -0.134. The van der Waals surface area contributed by atoms with Crippen LogP contribution in [0.2, 0.25) is 0 Å². The summed E-state index contributed by atoms with van der Waals surface area (Å²) in [5.74, 6) is -0.833. The van der Waals surface area contributed by atoms with E-state index in [4.69, 9.17) is 9.90 Å². The second-order valence-electron chi connectivity index (χ2n) is 2.67. The van der Waals surface area contributed by atoms with E-state index in [0.717, 1.165) is 6.92 Å². The summed E-state index contributed by atoms with van der Waals surface area (Å²) in [4.78, 5) is 9.00. The molecular weight excluding hydrogens is 216 g/mol. The number of carboxylic acid groups (broad SMARTS) is 1. The van der Waals surface area contributed by atoms with Gasteiger partial charge in [0.1, 0.15) is 0 Å². The van der Waals surface area contributed by atoms with Crippen LogP contribution in [0.5, 0.6) is 0 Å². The molecule has 0 saturated carbocycles. The molecule has 16 heavy (non-hydrogen) atoms. The Hall–Kier alpha value is -1.47. The van der Waals surface area contributed by atoms with E-state index in [-0.39, 0.29) is 21.9 Å². The van der Waals surface area contributed by atoms with Crippen LogP contribution in [0.1, 0.15) is 18.1 Å². The van der Waals surface area contributed by atoms with E-state index in [0.29, 0.717) is 0 Å². The van der Waals surface area contributed by atoms with Crippen molar-refractivity contribution in [2.45, 2.75) is 20.8 Å². The molecule has 0 bridgehead atoms. The Labute approximate surface area is 94.8 Å². The molecule has 0 saturated heterocycles. The Morgan fingerprint density at radius 1 is 0.875 bits per heavy atom. The maximum Gasteiger partial charge on any atom is 0.300 e. The molecular formula is C10H22O6. The number of aryl methyl sites for hydroxylation is 2. The molecule has 0 spiro atoms. The Kier molecular flexibility index (Phi) is 29.2. The van der Waals surface area contributed by atoms with Gasteiger partial charge in [-0.3, -0.25) is 4.79 Å². The van der Waals surface area contributed by atoms with E-state index in [2.05, 4.69) is 38.1 Å². The molecule has 6 nitrogen and oxygen atoms in total. The van der Waals surface area contributed by atoms with Gasteiger partial charge in [0.2, 0.25) is 0 Å². The normalized spacial score (nSPS) is 6.19. The van der Waals surface area contributed by atoms with E-state index < -0.39 is 5.97 Å². The fraction of sp³-hybridized carbons (Fsp3) is 0.300. The zero-order valence-electron chi connectivity index (χ0n) is 9.66. The van der Waals surface area contributed by atoms with Crippen molar-refractivity contribution < 1.29 is 31.8 Å². The van der Waals surface area contributed by atoms with Gasteiger partial charge in [0.25, 0.3) is 5.97 Å². The van der Waals surface area contributed by atoms with Gasteiger partial charge in [0.05, 0.1) is 0 Å². The number of carbonyl (C=O) groups is 1. The molecule has 0 unspecified atom stereocenters. The van der Waals surface area contributed by atoms with Crippen LogP contribution in [0, 0.1) is 13.8 Å². The Morgan fingerprint density at radius 3 is 1.12 bits per heavy atom. The van der Waals surface area contributed by atoms with Crippen molar-refractivity contribution in [3.05, 3.63) is 35.4 Å². The Morgan fingerprint density at radius 2 is 1.00 bits per heavy atom. The van der Waals surface area contributed by atoms with Crippen molar-refractivity contribution in [2.75, 3.05) is 0 Å². The van der Waals surface area contributed by atoms with Crippen LogP contribution in [0.15, 0.2) is 24.3 Å². The van der Waals surface area contributed by atoms with Gasteiger partial charge in [0, 0.05) is 6.92 Å².